The number of hydrogen-bond acceptors (Lipinski definition) is 4. The van der Waals surface area contributed by atoms with Crippen LogP contribution in [0.25, 0.3) is 38.8 Å². The topological polar surface area (TPSA) is 33.5 Å². The van der Waals surface area contributed by atoms with E-state index in [0.29, 0.717) is 11.5 Å². The number of rotatable bonds is 8. The van der Waals surface area contributed by atoms with E-state index >= 15 is 0 Å². The standard InChI is InChI=1S/C63H61N4O.Pt/c1-60(2,3)45-25-29-55-54(36-45)53-28-27-52(40-57(53)67(55)59-38-47(31-32-64-59)63(10,11)44-21-16-13-17-22-44)68-51-24-18-23-49(39-51)65-41-66(56-30-26-46(37-58(56)65)61(4,5)6)50-34-43(42-19-14-12-15-20-42)33-48(35-50)62(7,8)9;/h12-38,41H,1-11H3;/q-3;. The predicted molar refractivity (Wildman–Crippen MR) is 284 cm³/mol. The monoisotopic (exact) mass is 1080 g/mol. The van der Waals surface area contributed by atoms with Crippen molar-refractivity contribution >= 4 is 44.6 Å². The van der Waals surface area contributed by atoms with Gasteiger partial charge in [-0.25, -0.2) is 4.98 Å². The number of ether oxygens (including phenoxy) is 1. The second kappa shape index (κ2) is 17.8. The molecule has 10 rings (SSSR count). The van der Waals surface area contributed by atoms with Gasteiger partial charge >= 0.3 is 0 Å². The van der Waals surface area contributed by atoms with Crippen LogP contribution in [0.5, 0.6) is 11.5 Å². The quantitative estimate of drug-likeness (QED) is 0.142. The largest absolute Gasteiger partial charge is 0.509 e. The van der Waals surface area contributed by atoms with Crippen molar-refractivity contribution in [3.63, 3.8) is 0 Å². The van der Waals surface area contributed by atoms with E-state index in [0.717, 1.165) is 50.4 Å². The van der Waals surface area contributed by atoms with Crippen LogP contribution in [0.3, 0.4) is 0 Å². The summed E-state index contributed by atoms with van der Waals surface area (Å²) in [6.45, 7) is 27.2. The number of benzene rings is 7. The van der Waals surface area contributed by atoms with Gasteiger partial charge in [-0.15, -0.1) is 48.1 Å². The van der Waals surface area contributed by atoms with Gasteiger partial charge in [-0.3, -0.25) is 0 Å². The average molecular weight is 1090 g/mol. The van der Waals surface area contributed by atoms with Crippen molar-refractivity contribution in [3.8, 4) is 28.4 Å². The molecule has 0 aliphatic carbocycles. The summed E-state index contributed by atoms with van der Waals surface area (Å²) in [5, 5.41) is 2.25. The average Bonchev–Trinajstić information content (AvgIpc) is 3.87. The molecular weight excluding hydrogens is 1020 g/mol. The van der Waals surface area contributed by atoms with Crippen LogP contribution in [0.15, 0.2) is 164 Å². The molecule has 0 amide bonds. The Morgan fingerprint density at radius 2 is 1.14 bits per heavy atom. The van der Waals surface area contributed by atoms with Crippen molar-refractivity contribution in [1.82, 2.24) is 9.55 Å². The van der Waals surface area contributed by atoms with Crippen molar-refractivity contribution < 1.29 is 25.8 Å². The summed E-state index contributed by atoms with van der Waals surface area (Å²) >= 11 is 0. The van der Waals surface area contributed by atoms with Crippen LogP contribution in [0.2, 0.25) is 0 Å². The normalized spacial score (nSPS) is 13.2. The molecule has 1 aliphatic heterocycles. The Kier molecular flexibility index (Phi) is 12.3. The molecule has 1 aliphatic rings. The molecule has 5 nitrogen and oxygen atoms in total. The number of fused-ring (bicyclic) bond motifs is 4. The van der Waals surface area contributed by atoms with Crippen molar-refractivity contribution in [2.45, 2.75) is 97.8 Å². The fourth-order valence-corrected chi connectivity index (χ4v) is 9.40. The summed E-state index contributed by atoms with van der Waals surface area (Å²) in [6, 6.07) is 64.1. The molecule has 0 unspecified atom stereocenters. The molecule has 352 valence electrons. The number of anilines is 4. The summed E-state index contributed by atoms with van der Waals surface area (Å²) < 4.78 is 9.02. The zero-order valence-corrected chi connectivity index (χ0v) is 44.0. The Morgan fingerprint density at radius 3 is 1.86 bits per heavy atom. The Hall–Kier alpha value is -6.42. The van der Waals surface area contributed by atoms with E-state index in [9.17, 15) is 0 Å². The van der Waals surface area contributed by atoms with E-state index in [4.69, 9.17) is 9.72 Å². The minimum Gasteiger partial charge on any atom is -0.509 e. The SMILES string of the molecule is CC(C)(C)c1cc(-c2ccccc2)cc(N2[CH-]N(c3[c-]c(Oc4[c-]c5c(cc4)c4cc(C(C)(C)C)ccc4n5-c4cc(C(C)(C)c5ccccc5)ccn4)ccc3)c3cc(C(C)(C)C)ccc32)c1.[Pt]. The van der Waals surface area contributed by atoms with E-state index < -0.39 is 0 Å². The number of pyridine rings is 1. The third-order valence-electron chi connectivity index (χ3n) is 13.7. The first-order valence-corrected chi connectivity index (χ1v) is 23.9. The zero-order chi connectivity index (χ0) is 47.8. The van der Waals surface area contributed by atoms with Crippen LogP contribution < -0.4 is 14.5 Å². The number of aromatic nitrogens is 2. The van der Waals surface area contributed by atoms with E-state index in [1.807, 2.05) is 24.4 Å². The van der Waals surface area contributed by atoms with Crippen LogP contribution in [0.4, 0.5) is 22.7 Å². The van der Waals surface area contributed by atoms with Gasteiger partial charge in [0.1, 0.15) is 5.82 Å². The Labute approximate surface area is 424 Å². The Bertz CT molecular complexity index is 3330. The van der Waals surface area contributed by atoms with E-state index in [-0.39, 0.29) is 42.7 Å². The maximum absolute atomic E-state index is 6.78. The van der Waals surface area contributed by atoms with Crippen molar-refractivity contribution in [3.05, 3.63) is 211 Å². The van der Waals surface area contributed by atoms with Gasteiger partial charge in [-0.2, -0.15) is 12.1 Å². The minimum absolute atomic E-state index is 0. The van der Waals surface area contributed by atoms with Gasteiger partial charge < -0.3 is 19.1 Å². The van der Waals surface area contributed by atoms with Crippen molar-refractivity contribution in [1.29, 1.82) is 0 Å². The maximum atomic E-state index is 6.78. The van der Waals surface area contributed by atoms with E-state index in [1.165, 1.54) is 38.9 Å². The summed E-state index contributed by atoms with van der Waals surface area (Å²) in [4.78, 5) is 9.58. The summed E-state index contributed by atoms with van der Waals surface area (Å²) in [5.41, 5.74) is 14.4. The summed E-state index contributed by atoms with van der Waals surface area (Å²) in [5.74, 6) is 2.03. The molecule has 0 atom stereocenters. The first kappa shape index (κ1) is 47.6. The fourth-order valence-electron chi connectivity index (χ4n) is 9.40. The molecular formula is C63H61N4OPt-3. The van der Waals surface area contributed by atoms with Crippen LogP contribution in [0, 0.1) is 18.8 Å². The molecule has 3 heterocycles. The zero-order valence-electron chi connectivity index (χ0n) is 41.7. The van der Waals surface area contributed by atoms with Gasteiger partial charge in [0, 0.05) is 66.8 Å². The van der Waals surface area contributed by atoms with Gasteiger partial charge in [0.15, 0.2) is 0 Å². The van der Waals surface area contributed by atoms with Gasteiger partial charge in [-0.1, -0.05) is 167 Å². The van der Waals surface area contributed by atoms with Crippen LogP contribution in [-0.2, 0) is 42.7 Å². The van der Waals surface area contributed by atoms with Crippen molar-refractivity contribution in [2.75, 3.05) is 9.80 Å². The molecule has 6 heteroatoms. The van der Waals surface area contributed by atoms with Gasteiger partial charge in [0.2, 0.25) is 0 Å². The second-order valence-electron chi connectivity index (χ2n) is 22.0. The molecule has 0 fully saturated rings. The predicted octanol–water partition coefficient (Wildman–Crippen LogP) is 16.9. The molecule has 2 aromatic heterocycles. The summed E-state index contributed by atoms with van der Waals surface area (Å²) in [7, 11) is 0. The number of hydrogen-bond donors (Lipinski definition) is 0. The van der Waals surface area contributed by atoms with E-state index in [1.54, 1.807) is 0 Å². The molecule has 0 bridgehead atoms. The molecule has 69 heavy (non-hydrogen) atoms. The first-order chi connectivity index (χ1) is 32.3. The smallest absolute Gasteiger partial charge is 0.135 e. The fraction of sp³-hybridized carbons (Fsp3) is 0.238. The molecule has 7 aromatic carbocycles. The first-order valence-electron chi connectivity index (χ1n) is 23.9. The van der Waals surface area contributed by atoms with Crippen LogP contribution >= 0.6 is 0 Å². The Morgan fingerprint density at radius 1 is 0.478 bits per heavy atom. The third-order valence-corrected chi connectivity index (χ3v) is 13.7. The maximum Gasteiger partial charge on any atom is 0.135 e. The van der Waals surface area contributed by atoms with Crippen molar-refractivity contribution in [2.24, 2.45) is 0 Å². The minimum atomic E-state index is -0.240. The molecule has 0 saturated heterocycles. The van der Waals surface area contributed by atoms with Crippen LogP contribution in [0.1, 0.15) is 104 Å². The second-order valence-corrected chi connectivity index (χ2v) is 22.0. The van der Waals surface area contributed by atoms with Gasteiger partial charge in [0.25, 0.3) is 0 Å². The Balaban J connectivity index is 0.00000593. The van der Waals surface area contributed by atoms with Crippen LogP contribution in [-0.4, -0.2) is 9.55 Å². The molecule has 0 radical (unpaired) electrons. The summed E-state index contributed by atoms with van der Waals surface area (Å²) in [6.07, 6.45) is 1.93. The van der Waals surface area contributed by atoms with Gasteiger partial charge in [-0.05, 0) is 103 Å². The van der Waals surface area contributed by atoms with E-state index in [2.05, 4.69) is 249 Å². The molecule has 9 aromatic rings. The molecule has 0 spiro atoms. The number of nitrogens with zero attached hydrogens (tertiary/aromatic N) is 4. The third kappa shape index (κ3) is 9.15. The molecule has 0 N–H and O–H groups in total. The molecule has 0 saturated carbocycles. The van der Waals surface area contributed by atoms with Gasteiger partial charge in [0.05, 0.1) is 0 Å².